The zero-order chi connectivity index (χ0) is 17.5. The number of hydrogen-bond acceptors (Lipinski definition) is 4. The third-order valence-electron chi connectivity index (χ3n) is 2.94. The molecule has 0 unspecified atom stereocenters. The van der Waals surface area contributed by atoms with Gasteiger partial charge >= 0.3 is 0 Å². The Labute approximate surface area is 140 Å². The monoisotopic (exact) mass is 358 g/mol. The first-order valence-electron chi connectivity index (χ1n) is 6.86. The molecule has 0 saturated heterocycles. The minimum absolute atomic E-state index is 0.0298. The summed E-state index contributed by atoms with van der Waals surface area (Å²) >= 11 is 5.94. The van der Waals surface area contributed by atoms with E-state index in [1.54, 1.807) is 18.2 Å². The summed E-state index contributed by atoms with van der Waals surface area (Å²) in [6.07, 6.45) is 2.53. The van der Waals surface area contributed by atoms with Crippen molar-refractivity contribution in [2.45, 2.75) is 12.5 Å². The van der Waals surface area contributed by atoms with Gasteiger partial charge in [-0.05, 0) is 18.6 Å². The summed E-state index contributed by atoms with van der Waals surface area (Å²) in [6, 6.07) is 5.42. The molecule has 0 saturated carbocycles. The number of nitrogens with one attached hydrogen (secondary N) is 2. The van der Waals surface area contributed by atoms with E-state index in [1.165, 1.54) is 12.1 Å². The molecule has 0 heterocycles. The Morgan fingerprint density at radius 3 is 2.57 bits per heavy atom. The van der Waals surface area contributed by atoms with Crippen molar-refractivity contribution in [3.63, 3.8) is 0 Å². The molecule has 0 aliphatic carbocycles. The van der Waals surface area contributed by atoms with E-state index in [0.29, 0.717) is 0 Å². The van der Waals surface area contributed by atoms with Gasteiger partial charge in [0.2, 0.25) is 5.91 Å². The molecule has 0 spiro atoms. The Kier molecular flexibility index (Phi) is 7.25. The van der Waals surface area contributed by atoms with Gasteiger partial charge in [-0.1, -0.05) is 29.8 Å². The van der Waals surface area contributed by atoms with Crippen molar-refractivity contribution in [2.24, 2.45) is 0 Å². The maximum Gasteiger partial charge on any atom is 0.253 e. The summed E-state index contributed by atoms with van der Waals surface area (Å²) in [5.41, 5.74) is 0.218. The van der Waals surface area contributed by atoms with Gasteiger partial charge in [0.15, 0.2) is 0 Å². The molecule has 1 atom stereocenters. The number of benzene rings is 1. The first-order chi connectivity index (χ1) is 10.7. The Balaban J connectivity index is 2.86. The summed E-state index contributed by atoms with van der Waals surface area (Å²) in [6.45, 7) is 3.70. The highest BCUT2D eigenvalue weighted by atomic mass is 35.5. The fourth-order valence-corrected chi connectivity index (χ4v) is 2.66. The fraction of sp³-hybridized carbons (Fsp3) is 0.333. The van der Waals surface area contributed by atoms with Crippen LogP contribution in [0.2, 0.25) is 5.02 Å². The molecule has 0 radical (unpaired) electrons. The summed E-state index contributed by atoms with van der Waals surface area (Å²) in [4.78, 5) is 24.3. The van der Waals surface area contributed by atoms with E-state index in [-0.39, 0.29) is 29.3 Å². The van der Waals surface area contributed by atoms with Crippen molar-refractivity contribution in [1.82, 2.24) is 10.6 Å². The average molecular weight is 359 g/mol. The third-order valence-corrected chi connectivity index (χ3v) is 4.25. The first kappa shape index (κ1) is 19.2. The van der Waals surface area contributed by atoms with E-state index in [1.807, 2.05) is 0 Å². The molecule has 2 N–H and O–H groups in total. The molecule has 6 nitrogen and oxygen atoms in total. The Hall–Kier alpha value is -1.86. The topological polar surface area (TPSA) is 92.3 Å². The highest BCUT2D eigenvalue weighted by Gasteiger charge is 2.23. The summed E-state index contributed by atoms with van der Waals surface area (Å²) < 4.78 is 22.6. The molecule has 126 valence electrons. The highest BCUT2D eigenvalue weighted by molar-refractivity contribution is 7.90. The van der Waals surface area contributed by atoms with E-state index < -0.39 is 27.7 Å². The van der Waals surface area contributed by atoms with Gasteiger partial charge in [0.1, 0.15) is 15.9 Å². The molecule has 1 rings (SSSR count). The lowest BCUT2D eigenvalue weighted by Crippen LogP contribution is -2.47. The predicted octanol–water partition coefficient (Wildman–Crippen LogP) is 1.18. The molecule has 2 amide bonds. The molecule has 1 aromatic rings. The van der Waals surface area contributed by atoms with Crippen LogP contribution in [-0.2, 0) is 14.6 Å². The van der Waals surface area contributed by atoms with Crippen LogP contribution in [0.4, 0.5) is 0 Å². The maximum atomic E-state index is 12.2. The normalized spacial score (nSPS) is 12.3. The van der Waals surface area contributed by atoms with Crippen LogP contribution in [-0.4, -0.2) is 44.8 Å². The number of rotatable bonds is 8. The fourth-order valence-electron chi connectivity index (χ4n) is 1.78. The smallest absolute Gasteiger partial charge is 0.253 e. The molecule has 8 heteroatoms. The van der Waals surface area contributed by atoms with E-state index in [0.717, 1.165) is 6.26 Å². The maximum absolute atomic E-state index is 12.2. The van der Waals surface area contributed by atoms with Gasteiger partial charge in [0.05, 0.1) is 16.3 Å². The lowest BCUT2D eigenvalue weighted by molar-refractivity contribution is -0.122. The summed E-state index contributed by atoms with van der Waals surface area (Å²) in [7, 11) is -3.26. The second kappa shape index (κ2) is 8.69. The molecule has 0 aromatic heterocycles. The van der Waals surface area contributed by atoms with Crippen LogP contribution in [0.25, 0.3) is 0 Å². The molecule has 0 aliphatic heterocycles. The Bertz CT molecular complexity index is 688. The van der Waals surface area contributed by atoms with Gasteiger partial charge in [-0.25, -0.2) is 8.42 Å². The number of hydrogen-bond donors (Lipinski definition) is 2. The van der Waals surface area contributed by atoms with Crippen LogP contribution >= 0.6 is 11.6 Å². The first-order valence-corrected chi connectivity index (χ1v) is 9.30. The van der Waals surface area contributed by atoms with Crippen LogP contribution in [0.3, 0.4) is 0 Å². The van der Waals surface area contributed by atoms with Gasteiger partial charge in [-0.2, -0.15) is 0 Å². The SMILES string of the molecule is C=CCNC(=O)[C@H](CCS(C)(=O)=O)NC(=O)c1ccccc1Cl. The Morgan fingerprint density at radius 1 is 1.35 bits per heavy atom. The van der Waals surface area contributed by atoms with E-state index >= 15 is 0 Å². The second-order valence-corrected chi connectivity index (χ2v) is 7.63. The molecule has 0 fully saturated rings. The van der Waals surface area contributed by atoms with Crippen molar-refractivity contribution in [3.05, 3.63) is 47.5 Å². The number of halogens is 1. The van der Waals surface area contributed by atoms with E-state index in [4.69, 9.17) is 11.6 Å². The average Bonchev–Trinajstić information content (AvgIpc) is 2.48. The number of carbonyl (C=O) groups is 2. The third kappa shape index (κ3) is 6.83. The van der Waals surface area contributed by atoms with E-state index in [2.05, 4.69) is 17.2 Å². The molecular formula is C15H19ClN2O4S. The standard InChI is InChI=1S/C15H19ClN2O4S/c1-3-9-17-15(20)13(8-10-23(2,21)22)18-14(19)11-6-4-5-7-12(11)16/h3-7,13H,1,8-10H2,2H3,(H,17,20)(H,18,19)/t13-/m0/s1. The van der Waals surface area contributed by atoms with Gasteiger partial charge in [-0.3, -0.25) is 9.59 Å². The lowest BCUT2D eigenvalue weighted by Gasteiger charge is -2.18. The summed E-state index contributed by atoms with van der Waals surface area (Å²) in [5.74, 6) is -1.24. The van der Waals surface area contributed by atoms with Crippen LogP contribution < -0.4 is 10.6 Å². The summed E-state index contributed by atoms with van der Waals surface area (Å²) in [5, 5.41) is 5.31. The van der Waals surface area contributed by atoms with Crippen LogP contribution in [0, 0.1) is 0 Å². The quantitative estimate of drug-likeness (QED) is 0.682. The van der Waals surface area contributed by atoms with Crippen molar-refractivity contribution < 1.29 is 18.0 Å². The van der Waals surface area contributed by atoms with Crippen molar-refractivity contribution >= 4 is 33.3 Å². The minimum Gasteiger partial charge on any atom is -0.351 e. The predicted molar refractivity (Wildman–Crippen MR) is 90.2 cm³/mol. The van der Waals surface area contributed by atoms with Gasteiger partial charge in [0, 0.05) is 12.8 Å². The van der Waals surface area contributed by atoms with Crippen LogP contribution in [0.15, 0.2) is 36.9 Å². The number of sulfone groups is 1. The van der Waals surface area contributed by atoms with Crippen LogP contribution in [0.5, 0.6) is 0 Å². The molecule has 0 bridgehead atoms. The molecular weight excluding hydrogens is 340 g/mol. The minimum atomic E-state index is -3.26. The van der Waals surface area contributed by atoms with Crippen LogP contribution in [0.1, 0.15) is 16.8 Å². The van der Waals surface area contributed by atoms with Crippen molar-refractivity contribution in [1.29, 1.82) is 0 Å². The largest absolute Gasteiger partial charge is 0.351 e. The molecule has 1 aromatic carbocycles. The molecule has 0 aliphatic rings. The van der Waals surface area contributed by atoms with E-state index in [9.17, 15) is 18.0 Å². The lowest BCUT2D eigenvalue weighted by atomic mass is 10.1. The van der Waals surface area contributed by atoms with Gasteiger partial charge in [-0.15, -0.1) is 6.58 Å². The van der Waals surface area contributed by atoms with Gasteiger partial charge in [0.25, 0.3) is 5.91 Å². The number of carbonyl (C=O) groups excluding carboxylic acids is 2. The number of amides is 2. The van der Waals surface area contributed by atoms with Gasteiger partial charge < -0.3 is 10.6 Å². The molecule has 23 heavy (non-hydrogen) atoms. The van der Waals surface area contributed by atoms with Crippen molar-refractivity contribution in [3.8, 4) is 0 Å². The zero-order valence-electron chi connectivity index (χ0n) is 12.7. The zero-order valence-corrected chi connectivity index (χ0v) is 14.3. The second-order valence-electron chi connectivity index (χ2n) is 4.96. The Morgan fingerprint density at radius 2 is 2.00 bits per heavy atom. The highest BCUT2D eigenvalue weighted by Crippen LogP contribution is 2.15. The van der Waals surface area contributed by atoms with Crippen molar-refractivity contribution in [2.75, 3.05) is 18.6 Å².